The average molecular weight is 359 g/mol. The Labute approximate surface area is 158 Å². The average Bonchev–Trinajstić information content (AvgIpc) is 2.74. The maximum absolute atomic E-state index is 12.4. The van der Waals surface area contributed by atoms with E-state index >= 15 is 0 Å². The second-order valence-electron chi connectivity index (χ2n) is 6.36. The van der Waals surface area contributed by atoms with Crippen LogP contribution >= 0.6 is 0 Å². The van der Waals surface area contributed by atoms with Crippen molar-refractivity contribution >= 4 is 11.7 Å². The summed E-state index contributed by atoms with van der Waals surface area (Å²) in [6.45, 7) is 1.84. The van der Waals surface area contributed by atoms with E-state index in [1.165, 1.54) is 0 Å². The molecule has 0 radical (unpaired) electrons. The van der Waals surface area contributed by atoms with Crippen molar-refractivity contribution in [1.82, 2.24) is 5.32 Å². The van der Waals surface area contributed by atoms with Gasteiger partial charge in [0, 0.05) is 11.1 Å². The van der Waals surface area contributed by atoms with Crippen LogP contribution in [0.3, 0.4) is 0 Å². The van der Waals surface area contributed by atoms with E-state index in [0.717, 1.165) is 5.56 Å². The van der Waals surface area contributed by atoms with Crippen LogP contribution < -0.4 is 5.32 Å². The minimum atomic E-state index is -1.22. The number of ketones is 1. The lowest BCUT2D eigenvalue weighted by Crippen LogP contribution is -2.31. The summed E-state index contributed by atoms with van der Waals surface area (Å²) < 4.78 is 0. The van der Waals surface area contributed by atoms with E-state index in [-0.39, 0.29) is 11.8 Å². The Morgan fingerprint density at radius 1 is 0.741 bits per heavy atom. The molecule has 2 atom stereocenters. The molecule has 136 valence electrons. The molecule has 3 rings (SSSR count). The highest BCUT2D eigenvalue weighted by atomic mass is 16.3. The zero-order valence-corrected chi connectivity index (χ0v) is 15.0. The smallest absolute Gasteiger partial charge is 0.253 e. The molecule has 0 aliphatic carbocycles. The van der Waals surface area contributed by atoms with Crippen LogP contribution in [0.25, 0.3) is 0 Å². The molecular formula is C23H21NO3. The summed E-state index contributed by atoms with van der Waals surface area (Å²) in [5.41, 5.74) is 2.63. The van der Waals surface area contributed by atoms with Crippen molar-refractivity contribution in [3.05, 3.63) is 107 Å². The molecule has 0 unspecified atom stereocenters. The predicted octanol–water partition coefficient (Wildman–Crippen LogP) is 3.83. The van der Waals surface area contributed by atoms with Crippen LogP contribution in [0.2, 0.25) is 0 Å². The number of aliphatic hydroxyl groups excluding tert-OH is 1. The Balaban J connectivity index is 1.66. The van der Waals surface area contributed by atoms with Gasteiger partial charge in [-0.15, -0.1) is 0 Å². The molecule has 0 aliphatic heterocycles. The number of hydrogen-bond donors (Lipinski definition) is 2. The van der Waals surface area contributed by atoms with E-state index in [1.54, 1.807) is 48.5 Å². The molecule has 4 heteroatoms. The number of aliphatic hydroxyl groups is 1. The largest absolute Gasteiger partial charge is 0.378 e. The summed E-state index contributed by atoms with van der Waals surface area (Å²) in [6, 6.07) is 24.7. The summed E-state index contributed by atoms with van der Waals surface area (Å²) in [4.78, 5) is 24.7. The van der Waals surface area contributed by atoms with Gasteiger partial charge in [0.2, 0.25) is 0 Å². The number of benzene rings is 3. The van der Waals surface area contributed by atoms with Crippen molar-refractivity contribution in [3.63, 3.8) is 0 Å². The Morgan fingerprint density at radius 3 is 1.85 bits per heavy atom. The molecule has 0 saturated heterocycles. The van der Waals surface area contributed by atoms with Gasteiger partial charge in [-0.1, -0.05) is 84.9 Å². The van der Waals surface area contributed by atoms with Crippen LogP contribution in [-0.4, -0.2) is 16.8 Å². The first-order chi connectivity index (χ1) is 13.1. The van der Waals surface area contributed by atoms with Crippen molar-refractivity contribution in [2.75, 3.05) is 0 Å². The maximum atomic E-state index is 12.4. The molecule has 3 aromatic rings. The third kappa shape index (κ3) is 4.49. The van der Waals surface area contributed by atoms with E-state index in [2.05, 4.69) is 5.32 Å². The van der Waals surface area contributed by atoms with Gasteiger partial charge in [0.1, 0.15) is 0 Å². The van der Waals surface area contributed by atoms with Gasteiger partial charge in [-0.25, -0.2) is 0 Å². The lowest BCUT2D eigenvalue weighted by Gasteiger charge is -2.18. The lowest BCUT2D eigenvalue weighted by atomic mass is 10.00. The Kier molecular flexibility index (Phi) is 5.79. The highest BCUT2D eigenvalue weighted by Gasteiger charge is 2.19. The first-order valence-electron chi connectivity index (χ1n) is 8.79. The normalized spacial score (nSPS) is 12.8. The molecule has 2 N–H and O–H groups in total. The molecule has 27 heavy (non-hydrogen) atoms. The number of carbonyl (C=O) groups is 2. The summed E-state index contributed by atoms with van der Waals surface area (Å²) in [6.07, 6.45) is -1.22. The van der Waals surface area contributed by atoms with E-state index < -0.39 is 12.0 Å². The lowest BCUT2D eigenvalue weighted by molar-refractivity contribution is -0.130. The number of amides is 1. The molecule has 4 nitrogen and oxygen atoms in total. The van der Waals surface area contributed by atoms with Crippen LogP contribution in [0.4, 0.5) is 0 Å². The van der Waals surface area contributed by atoms with Crippen LogP contribution in [0.5, 0.6) is 0 Å². The predicted molar refractivity (Wildman–Crippen MR) is 104 cm³/mol. The van der Waals surface area contributed by atoms with E-state index in [0.29, 0.717) is 16.7 Å². The summed E-state index contributed by atoms with van der Waals surface area (Å²) in [5, 5.41) is 13.0. The minimum Gasteiger partial charge on any atom is -0.378 e. The first kappa shape index (κ1) is 18.5. The fraction of sp³-hybridized carbons (Fsp3) is 0.130. The van der Waals surface area contributed by atoms with Crippen molar-refractivity contribution in [2.24, 2.45) is 0 Å². The second kappa shape index (κ2) is 8.43. The third-order valence-corrected chi connectivity index (χ3v) is 4.43. The molecule has 0 saturated carbocycles. The topological polar surface area (TPSA) is 66.4 Å². The fourth-order valence-corrected chi connectivity index (χ4v) is 2.84. The number of nitrogens with one attached hydrogen (secondary N) is 1. The van der Waals surface area contributed by atoms with E-state index in [1.807, 2.05) is 43.3 Å². The van der Waals surface area contributed by atoms with Crippen molar-refractivity contribution in [1.29, 1.82) is 0 Å². The highest BCUT2D eigenvalue weighted by molar-refractivity contribution is 6.08. The Morgan fingerprint density at radius 2 is 1.26 bits per heavy atom. The zero-order chi connectivity index (χ0) is 19.2. The van der Waals surface area contributed by atoms with Gasteiger partial charge in [0.05, 0.1) is 6.04 Å². The molecule has 0 aliphatic rings. The standard InChI is InChI=1S/C23H21NO3/c1-16(24-23(27)22(26)19-10-6-3-7-11-19)17-12-14-20(15-13-17)21(25)18-8-4-2-5-9-18/h2-16,22,26H,1H3,(H,24,27)/t16-,22+/m0/s1. The number of rotatable bonds is 6. The molecule has 1 amide bonds. The molecule has 0 bridgehead atoms. The van der Waals surface area contributed by atoms with Crippen molar-refractivity contribution < 1.29 is 14.7 Å². The fourth-order valence-electron chi connectivity index (χ4n) is 2.84. The Bertz CT molecular complexity index is 905. The van der Waals surface area contributed by atoms with Gasteiger partial charge in [-0.2, -0.15) is 0 Å². The van der Waals surface area contributed by atoms with Crippen LogP contribution in [0.15, 0.2) is 84.9 Å². The van der Waals surface area contributed by atoms with Crippen LogP contribution in [-0.2, 0) is 4.79 Å². The quantitative estimate of drug-likeness (QED) is 0.658. The zero-order valence-electron chi connectivity index (χ0n) is 15.0. The second-order valence-corrected chi connectivity index (χ2v) is 6.36. The first-order valence-corrected chi connectivity index (χ1v) is 8.79. The molecule has 0 fully saturated rings. The van der Waals surface area contributed by atoms with E-state index in [9.17, 15) is 14.7 Å². The van der Waals surface area contributed by atoms with Crippen LogP contribution in [0, 0.1) is 0 Å². The number of hydrogen-bond acceptors (Lipinski definition) is 3. The minimum absolute atomic E-state index is 0.0432. The van der Waals surface area contributed by atoms with E-state index in [4.69, 9.17) is 0 Å². The van der Waals surface area contributed by atoms with Gasteiger partial charge in [-0.05, 0) is 18.1 Å². The van der Waals surface area contributed by atoms with Crippen molar-refractivity contribution in [3.8, 4) is 0 Å². The molecule has 0 aromatic heterocycles. The SMILES string of the molecule is C[C@H](NC(=O)[C@H](O)c1ccccc1)c1ccc(C(=O)c2ccccc2)cc1. The van der Waals surface area contributed by atoms with Crippen LogP contribution in [0.1, 0.15) is 46.1 Å². The van der Waals surface area contributed by atoms with Gasteiger partial charge in [0.25, 0.3) is 5.91 Å². The summed E-state index contributed by atoms with van der Waals surface area (Å²) in [5.74, 6) is -0.503. The number of carbonyl (C=O) groups excluding carboxylic acids is 2. The highest BCUT2D eigenvalue weighted by Crippen LogP contribution is 2.18. The molecule has 3 aromatic carbocycles. The van der Waals surface area contributed by atoms with Gasteiger partial charge < -0.3 is 10.4 Å². The molecule has 0 spiro atoms. The molecule has 0 heterocycles. The summed E-state index contributed by atoms with van der Waals surface area (Å²) >= 11 is 0. The summed E-state index contributed by atoms with van der Waals surface area (Å²) in [7, 11) is 0. The maximum Gasteiger partial charge on any atom is 0.253 e. The monoisotopic (exact) mass is 359 g/mol. The van der Waals surface area contributed by atoms with Gasteiger partial charge in [-0.3, -0.25) is 9.59 Å². The Hall–Kier alpha value is -3.24. The van der Waals surface area contributed by atoms with Gasteiger partial charge in [0.15, 0.2) is 11.9 Å². The van der Waals surface area contributed by atoms with Gasteiger partial charge >= 0.3 is 0 Å². The third-order valence-electron chi connectivity index (χ3n) is 4.43. The van der Waals surface area contributed by atoms with Crippen molar-refractivity contribution in [2.45, 2.75) is 19.1 Å². The molecular weight excluding hydrogens is 338 g/mol.